The van der Waals surface area contributed by atoms with Gasteiger partial charge in [0.1, 0.15) is 11.6 Å². The second-order valence-corrected chi connectivity index (χ2v) is 5.70. The summed E-state index contributed by atoms with van der Waals surface area (Å²) >= 11 is 3.37. The van der Waals surface area contributed by atoms with Crippen LogP contribution >= 0.6 is 15.9 Å². The van der Waals surface area contributed by atoms with E-state index in [4.69, 9.17) is 4.74 Å². The molecule has 0 radical (unpaired) electrons. The fraction of sp³-hybridized carbons (Fsp3) is 0.250. The number of nitrogens with zero attached hydrogens (tertiary/aromatic N) is 1. The van der Waals surface area contributed by atoms with Crippen molar-refractivity contribution in [3.8, 4) is 5.75 Å². The fourth-order valence-corrected chi connectivity index (χ4v) is 1.97. The summed E-state index contributed by atoms with van der Waals surface area (Å²) in [6.45, 7) is 5.87. The summed E-state index contributed by atoms with van der Waals surface area (Å²) in [5.41, 5.74) is 3.15. The van der Waals surface area contributed by atoms with Gasteiger partial charge in [0.05, 0.1) is 5.69 Å². The number of benzene rings is 1. The molecule has 1 amide bonds. The second kappa shape index (κ2) is 6.72. The summed E-state index contributed by atoms with van der Waals surface area (Å²) in [7, 11) is 0. The Morgan fingerprint density at radius 3 is 2.62 bits per heavy atom. The van der Waals surface area contributed by atoms with E-state index in [2.05, 4.69) is 26.2 Å². The third kappa shape index (κ3) is 4.29. The van der Waals surface area contributed by atoms with E-state index >= 15 is 0 Å². The monoisotopic (exact) mass is 348 g/mol. The lowest BCUT2D eigenvalue weighted by atomic mass is 10.1. The molecule has 0 saturated carbocycles. The molecule has 1 heterocycles. The third-order valence-corrected chi connectivity index (χ3v) is 3.98. The highest BCUT2D eigenvalue weighted by atomic mass is 79.9. The maximum Gasteiger partial charge on any atom is 0.263 e. The van der Waals surface area contributed by atoms with Crippen LogP contribution in [0.4, 0.5) is 5.82 Å². The van der Waals surface area contributed by atoms with Gasteiger partial charge in [-0.3, -0.25) is 4.79 Å². The van der Waals surface area contributed by atoms with E-state index in [1.54, 1.807) is 6.07 Å². The number of aromatic nitrogens is 1. The maximum atomic E-state index is 11.8. The van der Waals surface area contributed by atoms with E-state index in [-0.39, 0.29) is 12.5 Å². The molecule has 0 saturated heterocycles. The van der Waals surface area contributed by atoms with Gasteiger partial charge in [0.25, 0.3) is 5.91 Å². The number of nitrogens with one attached hydrogen (secondary N) is 1. The Bertz CT molecular complexity index is 671. The largest absolute Gasteiger partial charge is 0.484 e. The summed E-state index contributed by atoms with van der Waals surface area (Å²) in [4.78, 5) is 16.1. The standard InChI is InChI=1S/C16H17BrN2O2/c1-10-4-5-13(8-11(10)2)21-9-16(20)19-15-7-6-14(17)12(3)18-15/h4-8H,9H2,1-3H3,(H,18,19,20). The first-order valence-electron chi connectivity index (χ1n) is 6.59. The first-order chi connectivity index (χ1) is 9.95. The molecule has 0 aliphatic rings. The topological polar surface area (TPSA) is 51.2 Å². The molecule has 4 nitrogen and oxygen atoms in total. The van der Waals surface area contributed by atoms with Crippen molar-refractivity contribution in [1.29, 1.82) is 0 Å². The summed E-state index contributed by atoms with van der Waals surface area (Å²) in [5, 5.41) is 2.71. The number of amides is 1. The minimum absolute atomic E-state index is 0.0424. The lowest BCUT2D eigenvalue weighted by molar-refractivity contribution is -0.118. The van der Waals surface area contributed by atoms with Crippen LogP contribution in [-0.4, -0.2) is 17.5 Å². The number of ether oxygens (including phenoxy) is 1. The summed E-state index contributed by atoms with van der Waals surface area (Å²) in [5.74, 6) is 0.972. The number of rotatable bonds is 4. The van der Waals surface area contributed by atoms with Crippen LogP contribution < -0.4 is 10.1 Å². The van der Waals surface area contributed by atoms with E-state index in [0.29, 0.717) is 11.6 Å². The maximum absolute atomic E-state index is 11.8. The molecule has 1 aromatic carbocycles. The number of hydrogen-bond acceptors (Lipinski definition) is 3. The quantitative estimate of drug-likeness (QED) is 0.914. The number of anilines is 1. The van der Waals surface area contributed by atoms with Crippen molar-refractivity contribution < 1.29 is 9.53 Å². The van der Waals surface area contributed by atoms with Gasteiger partial charge in [-0.05, 0) is 72.1 Å². The predicted octanol–water partition coefficient (Wildman–Crippen LogP) is 3.79. The highest BCUT2D eigenvalue weighted by Gasteiger charge is 2.06. The van der Waals surface area contributed by atoms with E-state index in [0.717, 1.165) is 15.7 Å². The number of pyridine rings is 1. The molecule has 5 heteroatoms. The van der Waals surface area contributed by atoms with Crippen LogP contribution in [-0.2, 0) is 4.79 Å². The lowest BCUT2D eigenvalue weighted by Crippen LogP contribution is -2.21. The molecule has 0 aliphatic carbocycles. The van der Waals surface area contributed by atoms with E-state index in [1.165, 1.54) is 5.56 Å². The van der Waals surface area contributed by atoms with E-state index in [9.17, 15) is 4.79 Å². The molecule has 0 fully saturated rings. The Kier molecular flexibility index (Phi) is 4.96. The van der Waals surface area contributed by atoms with Crippen LogP contribution in [0.3, 0.4) is 0 Å². The molecule has 0 atom stereocenters. The van der Waals surface area contributed by atoms with Crippen LogP contribution in [0.15, 0.2) is 34.8 Å². The molecule has 0 bridgehead atoms. The molecule has 1 aromatic heterocycles. The number of hydrogen-bond donors (Lipinski definition) is 1. The SMILES string of the molecule is Cc1ccc(OCC(=O)Nc2ccc(Br)c(C)n2)cc1C. The average Bonchev–Trinajstić information content (AvgIpc) is 2.44. The van der Waals surface area contributed by atoms with Crippen LogP contribution in [0.5, 0.6) is 5.75 Å². The van der Waals surface area contributed by atoms with Crippen LogP contribution in [0.25, 0.3) is 0 Å². The molecule has 0 unspecified atom stereocenters. The number of halogens is 1. The van der Waals surface area contributed by atoms with Crippen LogP contribution in [0.2, 0.25) is 0 Å². The van der Waals surface area contributed by atoms with E-state index in [1.807, 2.05) is 45.0 Å². The van der Waals surface area contributed by atoms with Crippen molar-refractivity contribution in [2.24, 2.45) is 0 Å². The van der Waals surface area contributed by atoms with Gasteiger partial charge in [-0.1, -0.05) is 6.07 Å². The van der Waals surface area contributed by atoms with Crippen molar-refractivity contribution in [2.45, 2.75) is 20.8 Å². The minimum atomic E-state index is -0.234. The van der Waals surface area contributed by atoms with Gasteiger partial charge in [0, 0.05) is 4.47 Å². The van der Waals surface area contributed by atoms with E-state index < -0.39 is 0 Å². The van der Waals surface area contributed by atoms with Crippen molar-refractivity contribution >= 4 is 27.7 Å². The number of carbonyl (C=O) groups is 1. The Labute approximate surface area is 132 Å². The van der Waals surface area contributed by atoms with Crippen molar-refractivity contribution in [2.75, 3.05) is 11.9 Å². The molecular formula is C16H17BrN2O2. The van der Waals surface area contributed by atoms with Crippen molar-refractivity contribution in [3.05, 3.63) is 51.6 Å². The van der Waals surface area contributed by atoms with Gasteiger partial charge in [0.15, 0.2) is 6.61 Å². The Balaban J connectivity index is 1.92. The molecule has 0 aliphatic heterocycles. The van der Waals surface area contributed by atoms with Gasteiger partial charge < -0.3 is 10.1 Å². The van der Waals surface area contributed by atoms with Crippen LogP contribution in [0, 0.1) is 20.8 Å². The highest BCUT2D eigenvalue weighted by Crippen LogP contribution is 2.17. The summed E-state index contributed by atoms with van der Waals surface area (Å²) in [6, 6.07) is 9.34. The normalized spacial score (nSPS) is 10.3. The zero-order valence-electron chi connectivity index (χ0n) is 12.2. The van der Waals surface area contributed by atoms with Crippen molar-refractivity contribution in [1.82, 2.24) is 4.98 Å². The van der Waals surface area contributed by atoms with Gasteiger partial charge in [-0.25, -0.2) is 4.98 Å². The Hall–Kier alpha value is -1.88. The molecule has 2 aromatic rings. The molecule has 0 spiro atoms. The van der Waals surface area contributed by atoms with Gasteiger partial charge in [-0.2, -0.15) is 0 Å². The Morgan fingerprint density at radius 2 is 1.95 bits per heavy atom. The second-order valence-electron chi connectivity index (χ2n) is 4.85. The molecule has 110 valence electrons. The average molecular weight is 349 g/mol. The zero-order chi connectivity index (χ0) is 15.4. The smallest absolute Gasteiger partial charge is 0.263 e. The Morgan fingerprint density at radius 1 is 1.19 bits per heavy atom. The summed E-state index contributed by atoms with van der Waals surface area (Å²) < 4.78 is 6.39. The molecule has 1 N–H and O–H groups in total. The third-order valence-electron chi connectivity index (χ3n) is 3.14. The van der Waals surface area contributed by atoms with Crippen LogP contribution in [0.1, 0.15) is 16.8 Å². The highest BCUT2D eigenvalue weighted by molar-refractivity contribution is 9.10. The first-order valence-corrected chi connectivity index (χ1v) is 7.38. The fourth-order valence-electron chi connectivity index (χ4n) is 1.75. The first kappa shape index (κ1) is 15.5. The van der Waals surface area contributed by atoms with Gasteiger partial charge in [-0.15, -0.1) is 0 Å². The minimum Gasteiger partial charge on any atom is -0.484 e. The van der Waals surface area contributed by atoms with Crippen molar-refractivity contribution in [3.63, 3.8) is 0 Å². The number of aryl methyl sites for hydroxylation is 3. The zero-order valence-corrected chi connectivity index (χ0v) is 13.8. The molecule has 21 heavy (non-hydrogen) atoms. The lowest BCUT2D eigenvalue weighted by Gasteiger charge is -2.09. The van der Waals surface area contributed by atoms with Gasteiger partial charge in [0.2, 0.25) is 0 Å². The predicted molar refractivity (Wildman–Crippen MR) is 86.7 cm³/mol. The summed E-state index contributed by atoms with van der Waals surface area (Å²) in [6.07, 6.45) is 0. The molecular weight excluding hydrogens is 332 g/mol. The molecule has 2 rings (SSSR count). The van der Waals surface area contributed by atoms with Gasteiger partial charge >= 0.3 is 0 Å². The number of carbonyl (C=O) groups excluding carboxylic acids is 1.